The number of benzene rings is 1. The van der Waals surface area contributed by atoms with Gasteiger partial charge in [0.2, 0.25) is 0 Å². The molecule has 3 N–H and O–H groups in total. The normalized spacial score (nSPS) is 15.3. The summed E-state index contributed by atoms with van der Waals surface area (Å²) < 4.78 is 0. The lowest BCUT2D eigenvalue weighted by molar-refractivity contribution is 0.873. The van der Waals surface area contributed by atoms with Crippen LogP contribution >= 0.6 is 0 Å². The molecule has 94 valence electrons. The fraction of sp³-hybridized carbons (Fsp3) is 0.571. The van der Waals surface area contributed by atoms with Crippen LogP contribution in [0.2, 0.25) is 0 Å². The molecule has 0 saturated carbocycles. The van der Waals surface area contributed by atoms with Crippen molar-refractivity contribution in [3.05, 3.63) is 23.8 Å². The summed E-state index contributed by atoms with van der Waals surface area (Å²) in [5.74, 6) is 0. The Morgan fingerprint density at radius 3 is 2.71 bits per heavy atom. The maximum Gasteiger partial charge on any atom is 0.0371 e. The van der Waals surface area contributed by atoms with Crippen LogP contribution in [0.5, 0.6) is 0 Å². The Kier molecular flexibility index (Phi) is 4.26. The molecule has 1 aromatic carbocycles. The number of nitrogens with one attached hydrogen (secondary N) is 1. The topological polar surface area (TPSA) is 41.3 Å². The zero-order chi connectivity index (χ0) is 12.1. The second-order valence-electron chi connectivity index (χ2n) is 4.76. The number of hydrogen-bond donors (Lipinski definition) is 2. The van der Waals surface area contributed by atoms with Gasteiger partial charge in [0.25, 0.3) is 0 Å². The van der Waals surface area contributed by atoms with E-state index in [1.807, 2.05) is 0 Å². The van der Waals surface area contributed by atoms with Crippen LogP contribution in [0.15, 0.2) is 18.2 Å². The number of nitrogens with two attached hydrogens (primary N) is 1. The summed E-state index contributed by atoms with van der Waals surface area (Å²) in [6.45, 7) is 6.29. The highest BCUT2D eigenvalue weighted by Gasteiger charge is 2.12. The molecule has 0 unspecified atom stereocenters. The summed E-state index contributed by atoms with van der Waals surface area (Å²) >= 11 is 0. The smallest absolute Gasteiger partial charge is 0.0371 e. The first-order valence-electron chi connectivity index (χ1n) is 6.61. The van der Waals surface area contributed by atoms with Crippen LogP contribution in [0.4, 0.5) is 11.4 Å². The average molecular weight is 233 g/mol. The molecular weight excluding hydrogens is 210 g/mol. The van der Waals surface area contributed by atoms with Crippen molar-refractivity contribution < 1.29 is 0 Å². The predicted molar refractivity (Wildman–Crippen MR) is 74.8 cm³/mol. The predicted octanol–water partition coefficient (Wildman–Crippen LogP) is 2.36. The third-order valence-corrected chi connectivity index (χ3v) is 3.38. The molecule has 0 bridgehead atoms. The molecule has 0 amide bonds. The molecule has 1 aliphatic rings. The first-order chi connectivity index (χ1) is 8.31. The fourth-order valence-electron chi connectivity index (χ4n) is 2.34. The van der Waals surface area contributed by atoms with E-state index in [1.165, 1.54) is 42.9 Å². The third kappa shape index (κ3) is 3.13. The molecular formula is C14H23N3. The van der Waals surface area contributed by atoms with Crippen molar-refractivity contribution in [1.29, 1.82) is 0 Å². The highest BCUT2D eigenvalue weighted by Crippen LogP contribution is 2.25. The molecule has 0 aromatic heterocycles. The summed E-state index contributed by atoms with van der Waals surface area (Å²) in [5, 5.41) is 3.43. The molecule has 3 nitrogen and oxygen atoms in total. The Labute approximate surface area is 104 Å². The van der Waals surface area contributed by atoms with Crippen molar-refractivity contribution in [2.75, 3.05) is 36.4 Å². The van der Waals surface area contributed by atoms with E-state index < -0.39 is 0 Å². The van der Waals surface area contributed by atoms with Gasteiger partial charge < -0.3 is 16.0 Å². The van der Waals surface area contributed by atoms with Crippen LogP contribution in [0.1, 0.15) is 24.8 Å². The minimum Gasteiger partial charge on any atom is -0.385 e. The Morgan fingerprint density at radius 2 is 2.06 bits per heavy atom. The van der Waals surface area contributed by atoms with E-state index >= 15 is 0 Å². The minimum absolute atomic E-state index is 0.748. The lowest BCUT2D eigenvalue weighted by atomic mass is 10.1. The summed E-state index contributed by atoms with van der Waals surface area (Å²) in [5.41, 5.74) is 9.42. The van der Waals surface area contributed by atoms with Crippen LogP contribution < -0.4 is 16.0 Å². The van der Waals surface area contributed by atoms with Gasteiger partial charge in [-0.3, -0.25) is 0 Å². The average Bonchev–Trinajstić information content (AvgIpc) is 2.85. The number of nitrogens with zero attached hydrogens (tertiary/aromatic N) is 1. The van der Waals surface area contributed by atoms with Crippen LogP contribution in [-0.2, 0) is 0 Å². The highest BCUT2D eigenvalue weighted by atomic mass is 15.1. The monoisotopic (exact) mass is 233 g/mol. The molecule has 1 aromatic rings. The Hall–Kier alpha value is -1.22. The zero-order valence-electron chi connectivity index (χ0n) is 10.7. The summed E-state index contributed by atoms with van der Waals surface area (Å²) in [6, 6.07) is 6.71. The Morgan fingerprint density at radius 1 is 1.29 bits per heavy atom. The van der Waals surface area contributed by atoms with Crippen molar-refractivity contribution in [1.82, 2.24) is 0 Å². The molecule has 17 heavy (non-hydrogen) atoms. The highest BCUT2D eigenvalue weighted by molar-refractivity contribution is 5.60. The third-order valence-electron chi connectivity index (χ3n) is 3.38. The van der Waals surface area contributed by atoms with Crippen LogP contribution in [-0.4, -0.2) is 26.2 Å². The van der Waals surface area contributed by atoms with E-state index in [0.717, 1.165) is 19.5 Å². The SMILES string of the molecule is Cc1cc(N2CCCC2)ccc1NCCCN. The zero-order valence-corrected chi connectivity index (χ0v) is 10.7. The summed E-state index contributed by atoms with van der Waals surface area (Å²) in [4.78, 5) is 2.47. The van der Waals surface area contributed by atoms with E-state index in [9.17, 15) is 0 Å². The second-order valence-corrected chi connectivity index (χ2v) is 4.76. The summed E-state index contributed by atoms with van der Waals surface area (Å²) in [6.07, 6.45) is 3.68. The quantitative estimate of drug-likeness (QED) is 0.767. The maximum absolute atomic E-state index is 5.49. The van der Waals surface area contributed by atoms with Crippen molar-refractivity contribution in [2.45, 2.75) is 26.2 Å². The summed E-state index contributed by atoms with van der Waals surface area (Å²) in [7, 11) is 0. The second kappa shape index (κ2) is 5.92. The molecule has 1 saturated heterocycles. The minimum atomic E-state index is 0.748. The standard InChI is InChI=1S/C14H23N3/c1-12-11-13(17-9-2-3-10-17)5-6-14(12)16-8-4-7-15/h5-6,11,16H,2-4,7-10,15H2,1H3. The van der Waals surface area contributed by atoms with Gasteiger partial charge in [-0.05, 0) is 56.5 Å². The molecule has 1 aliphatic heterocycles. The van der Waals surface area contributed by atoms with Crippen LogP contribution in [0, 0.1) is 6.92 Å². The molecule has 2 rings (SSSR count). The van der Waals surface area contributed by atoms with Crippen molar-refractivity contribution in [3.8, 4) is 0 Å². The molecule has 0 aliphatic carbocycles. The van der Waals surface area contributed by atoms with E-state index in [-0.39, 0.29) is 0 Å². The van der Waals surface area contributed by atoms with Crippen molar-refractivity contribution in [2.24, 2.45) is 5.73 Å². The Balaban J connectivity index is 2.00. The molecule has 1 fully saturated rings. The van der Waals surface area contributed by atoms with Gasteiger partial charge in [0.15, 0.2) is 0 Å². The van der Waals surface area contributed by atoms with Gasteiger partial charge in [-0.1, -0.05) is 0 Å². The van der Waals surface area contributed by atoms with Gasteiger partial charge in [-0.15, -0.1) is 0 Å². The lowest BCUT2D eigenvalue weighted by Crippen LogP contribution is -2.17. The molecule has 0 spiro atoms. The van der Waals surface area contributed by atoms with E-state index in [1.54, 1.807) is 0 Å². The van der Waals surface area contributed by atoms with Gasteiger partial charge in [0, 0.05) is 31.0 Å². The number of anilines is 2. The molecule has 1 heterocycles. The van der Waals surface area contributed by atoms with Gasteiger partial charge in [0.1, 0.15) is 0 Å². The van der Waals surface area contributed by atoms with Gasteiger partial charge >= 0.3 is 0 Å². The molecule has 0 atom stereocenters. The number of hydrogen-bond acceptors (Lipinski definition) is 3. The fourth-order valence-corrected chi connectivity index (χ4v) is 2.34. The van der Waals surface area contributed by atoms with E-state index in [4.69, 9.17) is 5.73 Å². The van der Waals surface area contributed by atoms with E-state index in [0.29, 0.717) is 0 Å². The largest absolute Gasteiger partial charge is 0.385 e. The first-order valence-corrected chi connectivity index (χ1v) is 6.61. The first kappa shape index (κ1) is 12.2. The van der Waals surface area contributed by atoms with Crippen LogP contribution in [0.25, 0.3) is 0 Å². The van der Waals surface area contributed by atoms with E-state index in [2.05, 4.69) is 35.3 Å². The van der Waals surface area contributed by atoms with Crippen molar-refractivity contribution in [3.63, 3.8) is 0 Å². The lowest BCUT2D eigenvalue weighted by Gasteiger charge is -2.19. The molecule has 0 radical (unpaired) electrons. The van der Waals surface area contributed by atoms with Crippen molar-refractivity contribution >= 4 is 11.4 Å². The molecule has 3 heteroatoms. The number of rotatable bonds is 5. The van der Waals surface area contributed by atoms with Gasteiger partial charge in [-0.2, -0.15) is 0 Å². The maximum atomic E-state index is 5.49. The van der Waals surface area contributed by atoms with Gasteiger partial charge in [0.05, 0.1) is 0 Å². The van der Waals surface area contributed by atoms with Crippen LogP contribution in [0.3, 0.4) is 0 Å². The Bertz CT molecular complexity index is 356. The van der Waals surface area contributed by atoms with Gasteiger partial charge in [-0.25, -0.2) is 0 Å². The number of aryl methyl sites for hydroxylation is 1.